The van der Waals surface area contributed by atoms with Crippen molar-refractivity contribution in [1.82, 2.24) is 34.3 Å². The minimum atomic E-state index is -0.322. The molecule has 0 N–H and O–H groups in total. The van der Waals surface area contributed by atoms with Gasteiger partial charge in [-0.3, -0.25) is 9.13 Å². The van der Waals surface area contributed by atoms with Crippen molar-refractivity contribution < 1.29 is 8.78 Å². The van der Waals surface area contributed by atoms with E-state index in [4.69, 9.17) is 4.98 Å². The van der Waals surface area contributed by atoms with Crippen molar-refractivity contribution in [2.45, 2.75) is 19.4 Å². The number of anilines is 2. The zero-order chi connectivity index (χ0) is 23.2. The molecule has 0 fully saturated rings. The van der Waals surface area contributed by atoms with Crippen LogP contribution in [-0.4, -0.2) is 34.3 Å². The first-order valence-corrected chi connectivity index (χ1v) is 10.8. The second-order valence-corrected chi connectivity index (χ2v) is 7.84. The van der Waals surface area contributed by atoms with Crippen LogP contribution in [0.25, 0.3) is 23.0 Å². The van der Waals surface area contributed by atoms with Crippen LogP contribution in [0.1, 0.15) is 25.2 Å². The molecular weight excluding hydrogens is 438 g/mol. The van der Waals surface area contributed by atoms with Gasteiger partial charge in [0.25, 0.3) is 0 Å². The Hall–Kier alpha value is -4.47. The van der Waals surface area contributed by atoms with Crippen LogP contribution in [0.4, 0.5) is 20.3 Å². The largest absolute Gasteiger partial charge is 0.314 e. The monoisotopic (exact) mass is 456 g/mol. The van der Waals surface area contributed by atoms with Crippen molar-refractivity contribution in [3.05, 3.63) is 90.9 Å². The lowest BCUT2D eigenvalue weighted by Gasteiger charge is -2.36. The van der Waals surface area contributed by atoms with Gasteiger partial charge in [0.2, 0.25) is 5.95 Å². The molecule has 1 aliphatic heterocycles. The van der Waals surface area contributed by atoms with Crippen LogP contribution in [0.2, 0.25) is 0 Å². The fraction of sp³-hybridized carbons (Fsp3) is 0.125. The number of imidazole rings is 1. The molecule has 8 nitrogen and oxygen atoms in total. The van der Waals surface area contributed by atoms with E-state index in [2.05, 4.69) is 27.1 Å². The lowest BCUT2D eigenvalue weighted by molar-refractivity contribution is 0.586. The van der Waals surface area contributed by atoms with E-state index in [9.17, 15) is 8.78 Å². The van der Waals surface area contributed by atoms with Crippen molar-refractivity contribution in [1.29, 1.82) is 0 Å². The lowest BCUT2D eigenvalue weighted by Crippen LogP contribution is -2.32. The Bertz CT molecular complexity index is 1470. The molecule has 0 bridgehead atoms. The van der Waals surface area contributed by atoms with E-state index in [1.165, 1.54) is 24.3 Å². The van der Waals surface area contributed by atoms with Crippen LogP contribution >= 0.6 is 0 Å². The summed E-state index contributed by atoms with van der Waals surface area (Å²) >= 11 is 0. The highest BCUT2D eigenvalue weighted by Crippen LogP contribution is 2.43. The van der Waals surface area contributed by atoms with Crippen molar-refractivity contribution >= 4 is 11.5 Å². The standard InChI is InChI=1S/C24H18F2N8/c1-2-19-23-31-29-14-33(23)20-13-28-24(30-22(20)34(19)18-9-7-17(26)8-10-18)32-12-11-27-21(32)15-3-5-16(25)6-4-15/h3-14,19H,2H2,1H3. The highest BCUT2D eigenvalue weighted by molar-refractivity contribution is 5.72. The Labute approximate surface area is 193 Å². The Morgan fingerprint density at radius 2 is 1.65 bits per heavy atom. The predicted octanol–water partition coefficient (Wildman–Crippen LogP) is 4.79. The Morgan fingerprint density at radius 3 is 2.38 bits per heavy atom. The zero-order valence-corrected chi connectivity index (χ0v) is 18.0. The normalized spacial score (nSPS) is 14.7. The van der Waals surface area contributed by atoms with E-state index in [0.29, 0.717) is 23.3 Å². The third kappa shape index (κ3) is 3.14. The van der Waals surface area contributed by atoms with Gasteiger partial charge in [0.05, 0.1) is 12.2 Å². The zero-order valence-electron chi connectivity index (χ0n) is 18.0. The van der Waals surface area contributed by atoms with Crippen molar-refractivity contribution in [3.8, 4) is 23.0 Å². The molecule has 168 valence electrons. The first kappa shape index (κ1) is 20.2. The van der Waals surface area contributed by atoms with Gasteiger partial charge >= 0.3 is 0 Å². The van der Waals surface area contributed by atoms with Crippen LogP contribution in [0, 0.1) is 11.6 Å². The molecule has 0 saturated carbocycles. The molecule has 3 aromatic heterocycles. The summed E-state index contributed by atoms with van der Waals surface area (Å²) in [6.07, 6.45) is 7.48. The van der Waals surface area contributed by atoms with E-state index >= 15 is 0 Å². The van der Waals surface area contributed by atoms with Gasteiger partial charge in [-0.1, -0.05) is 6.92 Å². The molecule has 4 heterocycles. The number of hydrogen-bond acceptors (Lipinski definition) is 6. The van der Waals surface area contributed by atoms with Gasteiger partial charge in [-0.05, 0) is 55.0 Å². The molecule has 1 aliphatic rings. The van der Waals surface area contributed by atoms with Crippen LogP contribution < -0.4 is 4.90 Å². The lowest BCUT2D eigenvalue weighted by atomic mass is 10.1. The SMILES string of the molecule is CCC1c2nncn2-c2cnc(-n3ccnc3-c3ccc(F)cc3)nc2N1c1ccc(F)cc1. The van der Waals surface area contributed by atoms with Crippen molar-refractivity contribution in [2.75, 3.05) is 4.90 Å². The molecule has 0 radical (unpaired) electrons. The van der Waals surface area contributed by atoms with E-state index in [-0.39, 0.29) is 17.7 Å². The van der Waals surface area contributed by atoms with E-state index in [0.717, 1.165) is 23.5 Å². The third-order valence-corrected chi connectivity index (χ3v) is 5.86. The topological polar surface area (TPSA) is 77.5 Å². The molecule has 2 aromatic carbocycles. The van der Waals surface area contributed by atoms with Gasteiger partial charge in [0.1, 0.15) is 29.5 Å². The quantitative estimate of drug-likeness (QED) is 0.387. The van der Waals surface area contributed by atoms with Crippen LogP contribution in [0.3, 0.4) is 0 Å². The maximum absolute atomic E-state index is 13.7. The van der Waals surface area contributed by atoms with Gasteiger partial charge in [-0.25, -0.2) is 18.7 Å². The fourth-order valence-corrected chi connectivity index (χ4v) is 4.29. The second-order valence-electron chi connectivity index (χ2n) is 7.84. The maximum atomic E-state index is 13.7. The van der Waals surface area contributed by atoms with Gasteiger partial charge in [-0.15, -0.1) is 10.2 Å². The minimum Gasteiger partial charge on any atom is -0.314 e. The van der Waals surface area contributed by atoms with Crippen LogP contribution in [-0.2, 0) is 0 Å². The average Bonchev–Trinajstić information content (AvgIpc) is 3.54. The minimum absolute atomic E-state index is 0.164. The molecule has 0 saturated heterocycles. The molecule has 1 unspecified atom stereocenters. The maximum Gasteiger partial charge on any atom is 0.237 e. The predicted molar refractivity (Wildman–Crippen MR) is 121 cm³/mol. The summed E-state index contributed by atoms with van der Waals surface area (Å²) in [6.45, 7) is 2.05. The highest BCUT2D eigenvalue weighted by Gasteiger charge is 2.35. The fourth-order valence-electron chi connectivity index (χ4n) is 4.29. The summed E-state index contributed by atoms with van der Waals surface area (Å²) < 4.78 is 30.8. The molecule has 0 aliphatic carbocycles. The average molecular weight is 456 g/mol. The first-order valence-electron chi connectivity index (χ1n) is 10.8. The van der Waals surface area contributed by atoms with Crippen LogP contribution in [0.15, 0.2) is 73.4 Å². The van der Waals surface area contributed by atoms with Crippen molar-refractivity contribution in [2.24, 2.45) is 0 Å². The smallest absolute Gasteiger partial charge is 0.237 e. The van der Waals surface area contributed by atoms with Gasteiger partial charge in [0, 0.05) is 23.6 Å². The Morgan fingerprint density at radius 1 is 0.912 bits per heavy atom. The van der Waals surface area contributed by atoms with E-state index in [1.54, 1.807) is 53.8 Å². The number of halogens is 2. The molecular formula is C24H18F2N8. The van der Waals surface area contributed by atoms with E-state index < -0.39 is 0 Å². The highest BCUT2D eigenvalue weighted by atomic mass is 19.1. The molecule has 0 spiro atoms. The number of rotatable bonds is 4. The summed E-state index contributed by atoms with van der Waals surface area (Å²) in [7, 11) is 0. The van der Waals surface area contributed by atoms with Gasteiger partial charge in [0.15, 0.2) is 11.6 Å². The molecule has 1 atom stereocenters. The second kappa shape index (κ2) is 7.84. The van der Waals surface area contributed by atoms with E-state index in [1.807, 2.05) is 9.47 Å². The number of fused-ring (bicyclic) bond motifs is 3. The summed E-state index contributed by atoms with van der Waals surface area (Å²) in [6, 6.07) is 12.2. The first-order chi connectivity index (χ1) is 16.6. The number of nitrogens with zero attached hydrogens (tertiary/aromatic N) is 8. The third-order valence-electron chi connectivity index (χ3n) is 5.86. The van der Waals surface area contributed by atoms with Crippen LogP contribution in [0.5, 0.6) is 0 Å². The summed E-state index contributed by atoms with van der Waals surface area (Å²) in [4.78, 5) is 16.0. The van der Waals surface area contributed by atoms with Crippen molar-refractivity contribution in [3.63, 3.8) is 0 Å². The Balaban J connectivity index is 1.53. The number of benzene rings is 2. The summed E-state index contributed by atoms with van der Waals surface area (Å²) in [5.74, 6) is 1.73. The summed E-state index contributed by atoms with van der Waals surface area (Å²) in [5.41, 5.74) is 2.22. The summed E-state index contributed by atoms with van der Waals surface area (Å²) in [5, 5.41) is 8.43. The molecule has 10 heteroatoms. The molecule has 6 rings (SSSR count). The van der Waals surface area contributed by atoms with Gasteiger partial charge in [-0.2, -0.15) is 4.98 Å². The molecule has 34 heavy (non-hydrogen) atoms. The van der Waals surface area contributed by atoms with Gasteiger partial charge < -0.3 is 4.90 Å². The Kier molecular flexibility index (Phi) is 4.65. The number of hydrogen-bond donors (Lipinski definition) is 0. The molecule has 0 amide bonds. The molecule has 5 aromatic rings. The number of aromatic nitrogens is 7.